The second-order valence-corrected chi connectivity index (χ2v) is 8.61. The van der Waals surface area contributed by atoms with E-state index in [9.17, 15) is 0 Å². The minimum Gasteiger partial charge on any atom is -0.0917 e. The van der Waals surface area contributed by atoms with Crippen LogP contribution in [0.5, 0.6) is 0 Å². The molecule has 0 bridgehead atoms. The van der Waals surface area contributed by atoms with Gasteiger partial charge in [0.05, 0.1) is 0 Å². The molecule has 0 N–H and O–H groups in total. The number of allylic oxidation sites excluding steroid dienone is 4. The average molecular weight is 331 g/mol. The van der Waals surface area contributed by atoms with Gasteiger partial charge in [0.15, 0.2) is 0 Å². The molecule has 2 atom stereocenters. The zero-order chi connectivity index (χ0) is 17.0. The maximum atomic E-state index is 2.51. The summed E-state index contributed by atoms with van der Waals surface area (Å²) >= 11 is 0. The molecule has 2 rings (SSSR count). The van der Waals surface area contributed by atoms with Crippen molar-refractivity contribution in [3.63, 3.8) is 0 Å². The maximum absolute atomic E-state index is 2.51. The molecule has 0 aromatic carbocycles. The number of hydrogen-bond donors (Lipinski definition) is 0. The van der Waals surface area contributed by atoms with Crippen molar-refractivity contribution in [1.82, 2.24) is 0 Å². The lowest BCUT2D eigenvalue weighted by Gasteiger charge is -2.29. The van der Waals surface area contributed by atoms with Gasteiger partial charge in [-0.1, -0.05) is 82.6 Å². The van der Waals surface area contributed by atoms with Crippen molar-refractivity contribution in [3.05, 3.63) is 24.3 Å². The monoisotopic (exact) mass is 330 g/mol. The van der Waals surface area contributed by atoms with Crippen LogP contribution in [0, 0.1) is 23.7 Å². The average Bonchev–Trinajstić information content (AvgIpc) is 2.63. The smallest absolute Gasteiger partial charge is 0.0231 e. The Labute approximate surface area is 152 Å². The third-order valence-corrected chi connectivity index (χ3v) is 6.61. The molecule has 0 spiro atoms. The Morgan fingerprint density at radius 1 is 0.792 bits per heavy atom. The van der Waals surface area contributed by atoms with Gasteiger partial charge in [0.25, 0.3) is 0 Å². The second kappa shape index (κ2) is 11.9. The number of unbranched alkanes of at least 4 members (excludes halogenated alkanes) is 1. The Morgan fingerprint density at radius 2 is 1.50 bits per heavy atom. The predicted octanol–water partition coefficient (Wildman–Crippen LogP) is 8.09. The second-order valence-electron chi connectivity index (χ2n) is 8.61. The summed E-state index contributed by atoms with van der Waals surface area (Å²) in [7, 11) is 0. The molecule has 138 valence electrons. The van der Waals surface area contributed by atoms with E-state index in [2.05, 4.69) is 38.2 Å². The fourth-order valence-electron chi connectivity index (χ4n) is 5.05. The summed E-state index contributed by atoms with van der Waals surface area (Å²) in [6.07, 6.45) is 29.9. The first-order chi connectivity index (χ1) is 11.8. The van der Waals surface area contributed by atoms with Gasteiger partial charge in [0.2, 0.25) is 0 Å². The van der Waals surface area contributed by atoms with E-state index in [1.807, 2.05) is 0 Å². The lowest BCUT2D eigenvalue weighted by atomic mass is 9.77. The third-order valence-electron chi connectivity index (χ3n) is 6.61. The van der Waals surface area contributed by atoms with Crippen LogP contribution < -0.4 is 0 Å². The fraction of sp³-hybridized carbons (Fsp3) is 0.833. The zero-order valence-electron chi connectivity index (χ0n) is 16.5. The number of hydrogen-bond acceptors (Lipinski definition) is 0. The molecular formula is C24H42. The molecule has 2 aliphatic rings. The highest BCUT2D eigenvalue weighted by molar-refractivity contribution is 4.91. The summed E-state index contributed by atoms with van der Waals surface area (Å²) in [6, 6.07) is 0. The van der Waals surface area contributed by atoms with Gasteiger partial charge in [-0.15, -0.1) is 0 Å². The Kier molecular flexibility index (Phi) is 9.85. The normalized spacial score (nSPS) is 31.9. The van der Waals surface area contributed by atoms with Crippen molar-refractivity contribution >= 4 is 0 Å². The molecule has 2 unspecified atom stereocenters. The quantitative estimate of drug-likeness (QED) is 0.296. The zero-order valence-corrected chi connectivity index (χ0v) is 16.5. The minimum absolute atomic E-state index is 0.899. The van der Waals surface area contributed by atoms with E-state index in [0.717, 1.165) is 23.7 Å². The van der Waals surface area contributed by atoms with Crippen molar-refractivity contribution < 1.29 is 0 Å². The van der Waals surface area contributed by atoms with Crippen molar-refractivity contribution in [2.45, 2.75) is 104 Å². The van der Waals surface area contributed by atoms with Gasteiger partial charge in [-0.05, 0) is 69.1 Å². The van der Waals surface area contributed by atoms with E-state index in [0.29, 0.717) is 0 Å². The summed E-state index contributed by atoms with van der Waals surface area (Å²) in [5.74, 6) is 3.98. The Bertz CT molecular complexity index is 356. The predicted molar refractivity (Wildman–Crippen MR) is 108 cm³/mol. The molecule has 0 radical (unpaired) electrons. The van der Waals surface area contributed by atoms with Gasteiger partial charge in [-0.3, -0.25) is 0 Å². The molecule has 2 fully saturated rings. The first kappa shape index (κ1) is 19.8. The first-order valence-corrected chi connectivity index (χ1v) is 11.1. The maximum Gasteiger partial charge on any atom is -0.0231 e. The van der Waals surface area contributed by atoms with Gasteiger partial charge < -0.3 is 0 Å². The van der Waals surface area contributed by atoms with Crippen LogP contribution in [0.4, 0.5) is 0 Å². The fourth-order valence-corrected chi connectivity index (χ4v) is 5.05. The Hall–Kier alpha value is -0.520. The van der Waals surface area contributed by atoms with E-state index in [4.69, 9.17) is 0 Å². The van der Waals surface area contributed by atoms with Crippen LogP contribution in [0.3, 0.4) is 0 Å². The van der Waals surface area contributed by atoms with Crippen LogP contribution in [-0.4, -0.2) is 0 Å². The Balaban J connectivity index is 1.53. The van der Waals surface area contributed by atoms with Crippen molar-refractivity contribution in [2.24, 2.45) is 23.7 Å². The first-order valence-electron chi connectivity index (χ1n) is 11.1. The highest BCUT2D eigenvalue weighted by Gasteiger charge is 2.21. The standard InChI is InChI=1S/C24H42/c1-3-5-10-21-16-18-22(19-17-21)12-7-8-13-24-15-9-14-23(20-24)11-6-4-2/h3,5-6,11,21-24H,4,7-10,12-20H2,1-2H3/b5-3-,11-6-. The molecular weight excluding hydrogens is 288 g/mol. The number of rotatable bonds is 9. The summed E-state index contributed by atoms with van der Waals surface area (Å²) in [5.41, 5.74) is 0. The van der Waals surface area contributed by atoms with Gasteiger partial charge in [-0.2, -0.15) is 0 Å². The van der Waals surface area contributed by atoms with Crippen molar-refractivity contribution in [1.29, 1.82) is 0 Å². The summed E-state index contributed by atoms with van der Waals surface area (Å²) in [6.45, 7) is 4.41. The van der Waals surface area contributed by atoms with Crippen LogP contribution in [-0.2, 0) is 0 Å². The molecule has 0 heterocycles. The van der Waals surface area contributed by atoms with Crippen LogP contribution in [0.2, 0.25) is 0 Å². The van der Waals surface area contributed by atoms with E-state index in [-0.39, 0.29) is 0 Å². The molecule has 0 aromatic heterocycles. The lowest BCUT2D eigenvalue weighted by Crippen LogP contribution is -2.15. The molecule has 24 heavy (non-hydrogen) atoms. The van der Waals surface area contributed by atoms with E-state index in [1.54, 1.807) is 0 Å². The van der Waals surface area contributed by atoms with E-state index >= 15 is 0 Å². The molecule has 0 nitrogen and oxygen atoms in total. The Morgan fingerprint density at radius 3 is 2.21 bits per heavy atom. The SMILES string of the molecule is C/C=C\CC1CCC(CCCCC2CCCC(/C=C\CC)C2)CC1. The van der Waals surface area contributed by atoms with Crippen LogP contribution in [0.25, 0.3) is 0 Å². The molecule has 2 saturated carbocycles. The highest BCUT2D eigenvalue weighted by atomic mass is 14.3. The summed E-state index contributed by atoms with van der Waals surface area (Å²) in [5, 5.41) is 0. The van der Waals surface area contributed by atoms with Gasteiger partial charge in [0, 0.05) is 0 Å². The van der Waals surface area contributed by atoms with E-state index < -0.39 is 0 Å². The largest absolute Gasteiger partial charge is 0.0917 e. The molecule has 0 saturated heterocycles. The minimum atomic E-state index is 0.899. The molecule has 0 heteroatoms. The van der Waals surface area contributed by atoms with E-state index in [1.165, 1.54) is 89.9 Å². The topological polar surface area (TPSA) is 0 Å². The molecule has 2 aliphatic carbocycles. The van der Waals surface area contributed by atoms with Crippen LogP contribution in [0.1, 0.15) is 104 Å². The molecule has 0 amide bonds. The highest BCUT2D eigenvalue weighted by Crippen LogP contribution is 2.36. The van der Waals surface area contributed by atoms with Crippen molar-refractivity contribution in [2.75, 3.05) is 0 Å². The van der Waals surface area contributed by atoms with Crippen molar-refractivity contribution in [3.8, 4) is 0 Å². The van der Waals surface area contributed by atoms with Crippen LogP contribution >= 0.6 is 0 Å². The molecule has 0 aromatic rings. The summed E-state index contributed by atoms with van der Waals surface area (Å²) < 4.78 is 0. The van der Waals surface area contributed by atoms with Gasteiger partial charge in [0.1, 0.15) is 0 Å². The third kappa shape index (κ3) is 7.58. The molecule has 0 aliphatic heterocycles. The van der Waals surface area contributed by atoms with Gasteiger partial charge >= 0.3 is 0 Å². The van der Waals surface area contributed by atoms with Crippen LogP contribution in [0.15, 0.2) is 24.3 Å². The summed E-state index contributed by atoms with van der Waals surface area (Å²) in [4.78, 5) is 0. The van der Waals surface area contributed by atoms with Gasteiger partial charge in [-0.25, -0.2) is 0 Å². The lowest BCUT2D eigenvalue weighted by molar-refractivity contribution is 0.250.